The van der Waals surface area contributed by atoms with E-state index in [1.54, 1.807) is 7.11 Å². The molecular formula is C14H20NO4+. The highest BCUT2D eigenvalue weighted by atomic mass is 16.6. The third-order valence-electron chi connectivity index (χ3n) is 3.41. The molecule has 5 heteroatoms. The quantitative estimate of drug-likeness (QED) is 0.719. The number of quaternary nitrogens is 1. The molecule has 3 atom stereocenters. The summed E-state index contributed by atoms with van der Waals surface area (Å²) >= 11 is 0. The first kappa shape index (κ1) is 13.8. The first-order valence-corrected chi connectivity index (χ1v) is 6.41. The molecule has 2 rings (SSSR count). The number of aliphatic hydroxyl groups excluding tert-OH is 1. The summed E-state index contributed by atoms with van der Waals surface area (Å²) in [6, 6.07) is 7.85. The van der Waals surface area contributed by atoms with E-state index in [-0.39, 0.29) is 12.0 Å². The molecular weight excluding hydrogens is 246 g/mol. The van der Waals surface area contributed by atoms with Gasteiger partial charge in [-0.15, -0.1) is 0 Å². The maximum absolute atomic E-state index is 11.1. The average molecular weight is 266 g/mol. The predicted octanol–water partition coefficient (Wildman–Crippen LogP) is -0.524. The van der Waals surface area contributed by atoms with Crippen molar-refractivity contribution in [3.63, 3.8) is 0 Å². The van der Waals surface area contributed by atoms with Gasteiger partial charge in [0.1, 0.15) is 24.4 Å². The summed E-state index contributed by atoms with van der Waals surface area (Å²) in [7, 11) is 1.63. The lowest BCUT2D eigenvalue weighted by atomic mass is 10.0. The van der Waals surface area contributed by atoms with Crippen molar-refractivity contribution in [2.45, 2.75) is 31.6 Å². The van der Waals surface area contributed by atoms with Crippen molar-refractivity contribution in [2.24, 2.45) is 0 Å². The van der Waals surface area contributed by atoms with Crippen molar-refractivity contribution < 1.29 is 24.7 Å². The van der Waals surface area contributed by atoms with Crippen molar-refractivity contribution in [2.75, 3.05) is 13.7 Å². The zero-order valence-corrected chi connectivity index (χ0v) is 11.2. The summed E-state index contributed by atoms with van der Waals surface area (Å²) in [6.45, 7) is 1.94. The molecule has 3 N–H and O–H groups in total. The third-order valence-corrected chi connectivity index (χ3v) is 3.41. The molecule has 1 aromatic rings. The Morgan fingerprint density at radius 1 is 1.42 bits per heavy atom. The zero-order chi connectivity index (χ0) is 13.8. The van der Waals surface area contributed by atoms with Crippen LogP contribution in [0.5, 0.6) is 5.75 Å². The molecule has 0 bridgehead atoms. The molecule has 0 spiro atoms. The van der Waals surface area contributed by atoms with Crippen molar-refractivity contribution >= 4 is 5.97 Å². The van der Waals surface area contributed by atoms with Gasteiger partial charge in [0.2, 0.25) is 0 Å². The van der Waals surface area contributed by atoms with Gasteiger partial charge in [0.25, 0.3) is 0 Å². The van der Waals surface area contributed by atoms with Crippen LogP contribution in [0.15, 0.2) is 24.3 Å². The van der Waals surface area contributed by atoms with E-state index in [1.165, 1.54) is 6.92 Å². The van der Waals surface area contributed by atoms with Gasteiger partial charge in [-0.25, -0.2) is 0 Å². The second kappa shape index (κ2) is 6.04. The van der Waals surface area contributed by atoms with E-state index in [9.17, 15) is 9.90 Å². The summed E-state index contributed by atoms with van der Waals surface area (Å²) in [6.07, 6.45) is -0.273. The highest BCUT2D eigenvalue weighted by Crippen LogP contribution is 2.16. The minimum atomic E-state index is -0.591. The SMILES string of the molecule is COc1ccc(C[C@@H]2[NH2+]C[C@@H](O)[C@@H]2OC(C)=O)cc1. The Morgan fingerprint density at radius 2 is 2.11 bits per heavy atom. The fourth-order valence-electron chi connectivity index (χ4n) is 2.46. The van der Waals surface area contributed by atoms with Gasteiger partial charge in [-0.05, 0) is 17.7 Å². The number of hydrogen-bond acceptors (Lipinski definition) is 4. The highest BCUT2D eigenvalue weighted by Gasteiger charge is 2.41. The van der Waals surface area contributed by atoms with Gasteiger partial charge in [0, 0.05) is 13.3 Å². The lowest BCUT2D eigenvalue weighted by molar-refractivity contribution is -0.674. The van der Waals surface area contributed by atoms with Crippen LogP contribution < -0.4 is 10.1 Å². The molecule has 1 aliphatic heterocycles. The summed E-state index contributed by atoms with van der Waals surface area (Å²) in [5.41, 5.74) is 1.13. The molecule has 5 nitrogen and oxygen atoms in total. The van der Waals surface area contributed by atoms with E-state index < -0.39 is 12.2 Å². The minimum Gasteiger partial charge on any atom is -0.497 e. The van der Waals surface area contributed by atoms with Crippen molar-refractivity contribution in [1.29, 1.82) is 0 Å². The standard InChI is InChI=1S/C14H19NO4/c1-9(16)19-14-12(15-8-13(14)17)7-10-3-5-11(18-2)6-4-10/h3-6,12-15,17H,7-8H2,1-2H3/p+1/t12-,13+,14+/m0/s1. The highest BCUT2D eigenvalue weighted by molar-refractivity contribution is 5.66. The number of carbonyl (C=O) groups is 1. The molecule has 0 amide bonds. The Balaban J connectivity index is 2.02. The van der Waals surface area contributed by atoms with Crippen LogP contribution in [-0.4, -0.2) is 43.0 Å². The van der Waals surface area contributed by atoms with Crippen LogP contribution in [0.1, 0.15) is 12.5 Å². The largest absolute Gasteiger partial charge is 0.497 e. The molecule has 0 aliphatic carbocycles. The van der Waals surface area contributed by atoms with E-state index in [1.807, 2.05) is 29.6 Å². The number of rotatable bonds is 4. The summed E-state index contributed by atoms with van der Waals surface area (Å²) in [5.74, 6) is 0.467. The number of esters is 1. The number of hydrogen-bond donors (Lipinski definition) is 2. The molecule has 19 heavy (non-hydrogen) atoms. The number of aliphatic hydroxyl groups is 1. The fourth-order valence-corrected chi connectivity index (χ4v) is 2.46. The van der Waals surface area contributed by atoms with Crippen molar-refractivity contribution in [1.82, 2.24) is 0 Å². The van der Waals surface area contributed by atoms with Crippen LogP contribution in [0, 0.1) is 0 Å². The Labute approximate surface area is 112 Å². The smallest absolute Gasteiger partial charge is 0.303 e. The monoisotopic (exact) mass is 266 g/mol. The van der Waals surface area contributed by atoms with E-state index in [4.69, 9.17) is 9.47 Å². The first-order valence-electron chi connectivity index (χ1n) is 6.41. The van der Waals surface area contributed by atoms with Crippen LogP contribution in [0.25, 0.3) is 0 Å². The molecule has 0 radical (unpaired) electrons. The van der Waals surface area contributed by atoms with Gasteiger partial charge in [-0.3, -0.25) is 4.79 Å². The maximum atomic E-state index is 11.1. The summed E-state index contributed by atoms with van der Waals surface area (Å²) < 4.78 is 10.3. The fraction of sp³-hybridized carbons (Fsp3) is 0.500. The van der Waals surface area contributed by atoms with Gasteiger partial charge in [0.05, 0.1) is 7.11 Å². The predicted molar refractivity (Wildman–Crippen MR) is 68.8 cm³/mol. The average Bonchev–Trinajstić information content (AvgIpc) is 2.72. The summed E-state index contributed by atoms with van der Waals surface area (Å²) in [4.78, 5) is 11.1. The Morgan fingerprint density at radius 3 is 2.68 bits per heavy atom. The number of carbonyl (C=O) groups excluding carboxylic acids is 1. The Bertz CT molecular complexity index is 432. The van der Waals surface area contributed by atoms with Gasteiger partial charge in [-0.2, -0.15) is 0 Å². The molecule has 1 fully saturated rings. The molecule has 0 unspecified atom stereocenters. The number of methoxy groups -OCH3 is 1. The lowest BCUT2D eigenvalue weighted by Crippen LogP contribution is -2.88. The van der Waals surface area contributed by atoms with Crippen molar-refractivity contribution in [3.8, 4) is 5.75 Å². The summed E-state index contributed by atoms with van der Waals surface area (Å²) in [5, 5.41) is 11.9. The van der Waals surface area contributed by atoms with E-state index >= 15 is 0 Å². The zero-order valence-electron chi connectivity index (χ0n) is 11.2. The molecule has 104 valence electrons. The van der Waals surface area contributed by atoms with E-state index in [0.29, 0.717) is 6.54 Å². The van der Waals surface area contributed by atoms with Gasteiger partial charge < -0.3 is 19.9 Å². The van der Waals surface area contributed by atoms with E-state index in [2.05, 4.69) is 0 Å². The minimum absolute atomic E-state index is 0.0623. The molecule has 0 saturated carbocycles. The normalized spacial score (nSPS) is 26.2. The Kier molecular flexibility index (Phi) is 4.39. The van der Waals surface area contributed by atoms with Crippen LogP contribution in [0.2, 0.25) is 0 Å². The van der Waals surface area contributed by atoms with Crippen molar-refractivity contribution in [3.05, 3.63) is 29.8 Å². The molecule has 1 heterocycles. The third kappa shape index (κ3) is 3.45. The second-order valence-corrected chi connectivity index (χ2v) is 4.83. The van der Waals surface area contributed by atoms with Gasteiger partial charge in [-0.1, -0.05) is 12.1 Å². The van der Waals surface area contributed by atoms with E-state index in [0.717, 1.165) is 17.7 Å². The van der Waals surface area contributed by atoms with Gasteiger partial charge in [0.15, 0.2) is 6.10 Å². The lowest BCUT2D eigenvalue weighted by Gasteiger charge is -2.18. The maximum Gasteiger partial charge on any atom is 0.303 e. The molecule has 1 aromatic carbocycles. The first-order chi connectivity index (χ1) is 9.10. The van der Waals surface area contributed by atoms with Crippen LogP contribution >= 0.6 is 0 Å². The second-order valence-electron chi connectivity index (χ2n) is 4.83. The van der Waals surface area contributed by atoms with Crippen LogP contribution in [0.4, 0.5) is 0 Å². The molecule has 1 saturated heterocycles. The topological polar surface area (TPSA) is 72.4 Å². The number of ether oxygens (including phenoxy) is 2. The number of benzene rings is 1. The Hall–Kier alpha value is -1.59. The molecule has 0 aromatic heterocycles. The molecule has 1 aliphatic rings. The van der Waals surface area contributed by atoms with Gasteiger partial charge >= 0.3 is 5.97 Å². The van der Waals surface area contributed by atoms with Crippen LogP contribution in [0.3, 0.4) is 0 Å². The van der Waals surface area contributed by atoms with Crippen LogP contribution in [-0.2, 0) is 16.0 Å². The number of nitrogens with two attached hydrogens (primary N) is 1.